The topological polar surface area (TPSA) is 47.0 Å². The maximum absolute atomic E-state index is 11.9. The summed E-state index contributed by atoms with van der Waals surface area (Å²) >= 11 is 0. The van der Waals surface area contributed by atoms with Crippen molar-refractivity contribution in [3.63, 3.8) is 0 Å². The molecular formula is C13H27N3O2. The van der Waals surface area contributed by atoms with Crippen LogP contribution in [0.4, 0.5) is 0 Å². The lowest BCUT2D eigenvalue weighted by atomic mass is 10.2. The molecule has 106 valence electrons. The first-order valence-corrected chi connectivity index (χ1v) is 6.82. The van der Waals surface area contributed by atoms with Crippen LogP contribution in [-0.2, 0) is 4.79 Å². The molecule has 0 saturated carbocycles. The molecule has 1 fully saturated rings. The molecule has 1 rings (SSSR count). The lowest BCUT2D eigenvalue weighted by molar-refractivity contribution is -0.133. The van der Waals surface area contributed by atoms with Gasteiger partial charge in [0.15, 0.2) is 0 Å². The zero-order valence-electron chi connectivity index (χ0n) is 11.9. The Morgan fingerprint density at radius 1 is 1.28 bits per heavy atom. The van der Waals surface area contributed by atoms with Crippen LogP contribution in [0.3, 0.4) is 0 Å². The highest BCUT2D eigenvalue weighted by atomic mass is 16.3. The van der Waals surface area contributed by atoms with Gasteiger partial charge in [-0.25, -0.2) is 0 Å². The lowest BCUT2D eigenvalue weighted by Gasteiger charge is -2.35. The average molecular weight is 257 g/mol. The highest BCUT2D eigenvalue weighted by Gasteiger charge is 2.20. The predicted octanol–water partition coefficient (Wildman–Crippen LogP) is -0.147. The monoisotopic (exact) mass is 257 g/mol. The fraction of sp³-hybridized carbons (Fsp3) is 0.923. The first kappa shape index (κ1) is 15.4. The summed E-state index contributed by atoms with van der Waals surface area (Å²) in [6.07, 6.45) is 0.657. The molecule has 1 atom stereocenters. The highest BCUT2D eigenvalue weighted by molar-refractivity contribution is 5.76. The summed E-state index contributed by atoms with van der Waals surface area (Å²) in [6, 6.07) is 0. The van der Waals surface area contributed by atoms with Crippen LogP contribution in [0, 0.1) is 0 Å². The van der Waals surface area contributed by atoms with Crippen molar-refractivity contribution >= 4 is 5.91 Å². The van der Waals surface area contributed by atoms with E-state index in [1.165, 1.54) is 0 Å². The molecule has 0 radical (unpaired) electrons. The Morgan fingerprint density at radius 2 is 1.89 bits per heavy atom. The van der Waals surface area contributed by atoms with E-state index in [1.807, 2.05) is 4.90 Å². The predicted molar refractivity (Wildman–Crippen MR) is 72.5 cm³/mol. The van der Waals surface area contributed by atoms with Gasteiger partial charge in [-0.05, 0) is 27.4 Å². The second-order valence-corrected chi connectivity index (χ2v) is 5.41. The molecule has 1 N–H and O–H groups in total. The molecule has 5 nitrogen and oxygen atoms in total. The van der Waals surface area contributed by atoms with Gasteiger partial charge in [-0.2, -0.15) is 0 Å². The molecule has 1 aliphatic rings. The van der Waals surface area contributed by atoms with Crippen LogP contribution >= 0.6 is 0 Å². The van der Waals surface area contributed by atoms with Crippen molar-refractivity contribution in [3.8, 4) is 0 Å². The molecule has 0 bridgehead atoms. The van der Waals surface area contributed by atoms with Crippen molar-refractivity contribution < 1.29 is 9.90 Å². The fourth-order valence-corrected chi connectivity index (χ4v) is 2.05. The van der Waals surface area contributed by atoms with E-state index in [4.69, 9.17) is 0 Å². The largest absolute Gasteiger partial charge is 0.393 e. The smallest absolute Gasteiger partial charge is 0.222 e. The molecule has 18 heavy (non-hydrogen) atoms. The fourth-order valence-electron chi connectivity index (χ4n) is 2.05. The van der Waals surface area contributed by atoms with Gasteiger partial charge in [0.1, 0.15) is 0 Å². The van der Waals surface area contributed by atoms with Crippen LogP contribution in [0.1, 0.15) is 19.8 Å². The maximum Gasteiger partial charge on any atom is 0.222 e. The van der Waals surface area contributed by atoms with E-state index in [1.54, 1.807) is 6.92 Å². The SMILES string of the molecule is CC(O)CCC(=O)N1CCN(CCN(C)C)CC1. The number of amides is 1. The van der Waals surface area contributed by atoms with Crippen molar-refractivity contribution in [1.29, 1.82) is 0 Å². The Labute approximate surface area is 110 Å². The van der Waals surface area contributed by atoms with E-state index in [2.05, 4.69) is 23.9 Å². The summed E-state index contributed by atoms with van der Waals surface area (Å²) in [4.78, 5) is 18.4. The number of carbonyl (C=O) groups excluding carboxylic acids is 1. The number of aliphatic hydroxyl groups excluding tert-OH is 1. The molecule has 1 amide bonds. The van der Waals surface area contributed by atoms with E-state index in [0.717, 1.165) is 39.3 Å². The number of hydrogen-bond acceptors (Lipinski definition) is 4. The maximum atomic E-state index is 11.9. The number of carbonyl (C=O) groups is 1. The zero-order chi connectivity index (χ0) is 13.5. The average Bonchev–Trinajstić information content (AvgIpc) is 2.34. The Balaban J connectivity index is 2.20. The van der Waals surface area contributed by atoms with Crippen molar-refractivity contribution in [1.82, 2.24) is 14.7 Å². The lowest BCUT2D eigenvalue weighted by Crippen LogP contribution is -2.50. The molecule has 0 aliphatic carbocycles. The standard InChI is InChI=1S/C13H27N3O2/c1-12(17)4-5-13(18)16-10-8-15(9-11-16)7-6-14(2)3/h12,17H,4-11H2,1-3H3. The Bertz CT molecular complexity index is 249. The molecule has 0 aromatic rings. The minimum Gasteiger partial charge on any atom is -0.393 e. The Kier molecular flexibility index (Phi) is 6.60. The zero-order valence-corrected chi connectivity index (χ0v) is 11.9. The molecule has 1 aliphatic heterocycles. The summed E-state index contributed by atoms with van der Waals surface area (Å²) in [7, 11) is 4.16. The van der Waals surface area contributed by atoms with Gasteiger partial charge in [0.25, 0.3) is 0 Å². The van der Waals surface area contributed by atoms with E-state index in [0.29, 0.717) is 12.8 Å². The van der Waals surface area contributed by atoms with Gasteiger partial charge >= 0.3 is 0 Å². The third kappa shape index (κ3) is 5.80. The van der Waals surface area contributed by atoms with E-state index in [-0.39, 0.29) is 12.0 Å². The second-order valence-electron chi connectivity index (χ2n) is 5.41. The van der Waals surface area contributed by atoms with Crippen LogP contribution in [0.15, 0.2) is 0 Å². The van der Waals surface area contributed by atoms with Gasteiger partial charge in [0.2, 0.25) is 5.91 Å². The van der Waals surface area contributed by atoms with Crippen LogP contribution in [0.2, 0.25) is 0 Å². The number of aliphatic hydroxyl groups is 1. The molecular weight excluding hydrogens is 230 g/mol. The van der Waals surface area contributed by atoms with E-state index in [9.17, 15) is 9.90 Å². The molecule has 0 aromatic carbocycles. The van der Waals surface area contributed by atoms with Crippen LogP contribution in [-0.4, -0.2) is 85.2 Å². The minimum atomic E-state index is -0.379. The first-order valence-electron chi connectivity index (χ1n) is 6.82. The van der Waals surface area contributed by atoms with E-state index < -0.39 is 0 Å². The minimum absolute atomic E-state index is 0.183. The third-order valence-corrected chi connectivity index (χ3v) is 3.36. The highest BCUT2D eigenvalue weighted by Crippen LogP contribution is 2.06. The third-order valence-electron chi connectivity index (χ3n) is 3.36. The van der Waals surface area contributed by atoms with E-state index >= 15 is 0 Å². The van der Waals surface area contributed by atoms with Crippen molar-refractivity contribution in [2.75, 3.05) is 53.4 Å². The van der Waals surface area contributed by atoms with Crippen LogP contribution in [0.5, 0.6) is 0 Å². The summed E-state index contributed by atoms with van der Waals surface area (Å²) in [6.45, 7) is 7.45. The van der Waals surface area contributed by atoms with Crippen molar-refractivity contribution in [2.24, 2.45) is 0 Å². The Hall–Kier alpha value is -0.650. The number of rotatable bonds is 6. The van der Waals surface area contributed by atoms with Gasteiger partial charge in [0, 0.05) is 45.7 Å². The molecule has 1 unspecified atom stereocenters. The quantitative estimate of drug-likeness (QED) is 0.719. The summed E-state index contributed by atoms with van der Waals surface area (Å²) < 4.78 is 0. The number of hydrogen-bond donors (Lipinski definition) is 1. The number of likely N-dealkylation sites (N-methyl/N-ethyl adjacent to an activating group) is 1. The first-order chi connectivity index (χ1) is 8.49. The van der Waals surface area contributed by atoms with Gasteiger partial charge in [-0.15, -0.1) is 0 Å². The molecule has 1 heterocycles. The van der Waals surface area contributed by atoms with Crippen molar-refractivity contribution in [2.45, 2.75) is 25.9 Å². The molecule has 5 heteroatoms. The Morgan fingerprint density at radius 3 is 2.39 bits per heavy atom. The normalized spacial score (nSPS) is 19.3. The second kappa shape index (κ2) is 7.71. The molecule has 0 spiro atoms. The van der Waals surface area contributed by atoms with Gasteiger partial charge < -0.3 is 14.9 Å². The summed E-state index contributed by atoms with van der Waals surface area (Å²) in [5.41, 5.74) is 0. The van der Waals surface area contributed by atoms with Crippen molar-refractivity contribution in [3.05, 3.63) is 0 Å². The van der Waals surface area contributed by atoms with Crippen LogP contribution < -0.4 is 0 Å². The summed E-state index contributed by atoms with van der Waals surface area (Å²) in [5, 5.41) is 9.18. The molecule has 1 saturated heterocycles. The molecule has 0 aromatic heterocycles. The van der Waals surface area contributed by atoms with Gasteiger partial charge in [0.05, 0.1) is 6.10 Å². The summed E-state index contributed by atoms with van der Waals surface area (Å²) in [5.74, 6) is 0.183. The van der Waals surface area contributed by atoms with Gasteiger partial charge in [-0.1, -0.05) is 0 Å². The number of nitrogens with zero attached hydrogens (tertiary/aromatic N) is 3. The number of piperazine rings is 1. The van der Waals surface area contributed by atoms with Crippen LogP contribution in [0.25, 0.3) is 0 Å². The van der Waals surface area contributed by atoms with Gasteiger partial charge in [-0.3, -0.25) is 9.69 Å².